The van der Waals surface area contributed by atoms with E-state index in [4.69, 9.17) is 5.26 Å². The molecule has 1 heterocycles. The fourth-order valence-corrected chi connectivity index (χ4v) is 3.09. The predicted octanol–water partition coefficient (Wildman–Crippen LogP) is 3.84. The molecule has 64 valence electrons. The third-order valence-electron chi connectivity index (χ3n) is 1.99. The molecule has 1 aromatic heterocycles. The third kappa shape index (κ3) is 1.27. The number of benzene rings is 1. The zero-order valence-electron chi connectivity index (χ0n) is 6.97. The molecule has 3 heteroatoms. The minimum Gasteiger partial charge on any atom is -0.192 e. The van der Waals surface area contributed by atoms with Crippen LogP contribution >= 0.6 is 27.3 Å². The van der Waals surface area contributed by atoms with Crippen molar-refractivity contribution in [2.75, 3.05) is 0 Å². The highest BCUT2D eigenvalue weighted by Gasteiger charge is 2.08. The second-order valence-corrected chi connectivity index (χ2v) is 4.56. The van der Waals surface area contributed by atoms with Gasteiger partial charge < -0.3 is 0 Å². The number of fused-ring (bicyclic) bond motifs is 1. The van der Waals surface area contributed by atoms with Crippen LogP contribution < -0.4 is 0 Å². The quantitative estimate of drug-likeness (QED) is 0.698. The molecule has 0 aliphatic carbocycles. The van der Waals surface area contributed by atoms with E-state index in [1.165, 1.54) is 10.3 Å². The number of nitriles is 1. The molecule has 0 spiro atoms. The maximum atomic E-state index is 8.90. The van der Waals surface area contributed by atoms with E-state index in [0.717, 1.165) is 15.4 Å². The Bertz CT molecular complexity index is 507. The summed E-state index contributed by atoms with van der Waals surface area (Å²) >= 11 is 5.12. The molecule has 0 saturated carbocycles. The van der Waals surface area contributed by atoms with Gasteiger partial charge in [-0.3, -0.25) is 0 Å². The van der Waals surface area contributed by atoms with Gasteiger partial charge in [-0.2, -0.15) is 5.26 Å². The summed E-state index contributed by atoms with van der Waals surface area (Å²) in [5.41, 5.74) is 1.97. The third-order valence-corrected chi connectivity index (χ3v) is 4.04. The summed E-state index contributed by atoms with van der Waals surface area (Å²) in [6.45, 7) is 2.06. The summed E-state index contributed by atoms with van der Waals surface area (Å²) in [6.07, 6.45) is 0. The summed E-state index contributed by atoms with van der Waals surface area (Å²) in [5, 5.41) is 12.0. The highest BCUT2D eigenvalue weighted by molar-refractivity contribution is 9.10. The van der Waals surface area contributed by atoms with Crippen LogP contribution in [-0.4, -0.2) is 0 Å². The largest absolute Gasteiger partial charge is 0.192 e. The van der Waals surface area contributed by atoms with Crippen LogP contribution in [0.25, 0.3) is 10.1 Å². The van der Waals surface area contributed by atoms with Crippen molar-refractivity contribution in [1.29, 1.82) is 5.26 Å². The van der Waals surface area contributed by atoms with E-state index in [9.17, 15) is 0 Å². The number of hydrogen-bond acceptors (Lipinski definition) is 2. The van der Waals surface area contributed by atoms with E-state index in [2.05, 4.69) is 28.9 Å². The van der Waals surface area contributed by atoms with Gasteiger partial charge in [-0.05, 0) is 34.5 Å². The van der Waals surface area contributed by atoms with Crippen molar-refractivity contribution in [3.8, 4) is 6.07 Å². The van der Waals surface area contributed by atoms with Gasteiger partial charge in [-0.1, -0.05) is 6.07 Å². The van der Waals surface area contributed by atoms with Gasteiger partial charge in [0, 0.05) is 19.9 Å². The van der Waals surface area contributed by atoms with Crippen LogP contribution in [0.2, 0.25) is 0 Å². The number of nitrogens with zero attached hydrogens (tertiary/aromatic N) is 1. The van der Waals surface area contributed by atoms with Crippen LogP contribution in [0, 0.1) is 18.3 Å². The van der Waals surface area contributed by atoms with Crippen molar-refractivity contribution >= 4 is 37.4 Å². The highest BCUT2D eigenvalue weighted by Crippen LogP contribution is 2.34. The normalized spacial score (nSPS) is 10.2. The summed E-state index contributed by atoms with van der Waals surface area (Å²) in [6, 6.07) is 6.06. The van der Waals surface area contributed by atoms with Crippen LogP contribution in [0.15, 0.2) is 22.0 Å². The Kier molecular flexibility index (Phi) is 2.10. The molecule has 0 N–H and O–H groups in total. The van der Waals surface area contributed by atoms with Gasteiger partial charge in [-0.15, -0.1) is 11.3 Å². The van der Waals surface area contributed by atoms with Gasteiger partial charge in [0.1, 0.15) is 0 Å². The fourth-order valence-electron chi connectivity index (χ4n) is 1.34. The first-order chi connectivity index (χ1) is 6.24. The lowest BCUT2D eigenvalue weighted by Crippen LogP contribution is -1.78. The van der Waals surface area contributed by atoms with E-state index in [1.54, 1.807) is 11.3 Å². The second-order valence-electron chi connectivity index (χ2n) is 2.83. The SMILES string of the molecule is Cc1ccc(C#N)c2c(Br)csc12. The van der Waals surface area contributed by atoms with Gasteiger partial charge in [0.05, 0.1) is 11.6 Å². The van der Waals surface area contributed by atoms with Crippen molar-refractivity contribution in [2.45, 2.75) is 6.92 Å². The van der Waals surface area contributed by atoms with E-state index in [0.29, 0.717) is 0 Å². The Labute approximate surface area is 88.7 Å². The van der Waals surface area contributed by atoms with Crippen LogP contribution in [0.4, 0.5) is 0 Å². The van der Waals surface area contributed by atoms with Crippen molar-refractivity contribution < 1.29 is 0 Å². The molecule has 0 saturated heterocycles. The summed E-state index contributed by atoms with van der Waals surface area (Å²) in [4.78, 5) is 0. The van der Waals surface area contributed by atoms with Crippen LogP contribution in [0.1, 0.15) is 11.1 Å². The highest BCUT2D eigenvalue weighted by atomic mass is 79.9. The van der Waals surface area contributed by atoms with E-state index in [-0.39, 0.29) is 0 Å². The first kappa shape index (κ1) is 8.74. The predicted molar refractivity (Wildman–Crippen MR) is 59.0 cm³/mol. The number of aryl methyl sites for hydroxylation is 1. The summed E-state index contributed by atoms with van der Waals surface area (Å²) in [7, 11) is 0. The van der Waals surface area contributed by atoms with Gasteiger partial charge >= 0.3 is 0 Å². The second kappa shape index (κ2) is 3.13. The van der Waals surface area contributed by atoms with Gasteiger partial charge in [0.2, 0.25) is 0 Å². The molecule has 0 amide bonds. The fraction of sp³-hybridized carbons (Fsp3) is 0.100. The monoisotopic (exact) mass is 251 g/mol. The molecule has 1 aromatic carbocycles. The zero-order chi connectivity index (χ0) is 9.42. The lowest BCUT2D eigenvalue weighted by Gasteiger charge is -1.97. The number of hydrogen-bond donors (Lipinski definition) is 0. The molecule has 2 rings (SSSR count). The maximum absolute atomic E-state index is 8.90. The van der Waals surface area contributed by atoms with Crippen molar-refractivity contribution in [2.24, 2.45) is 0 Å². The molecule has 0 fully saturated rings. The molecular formula is C10H6BrNS. The van der Waals surface area contributed by atoms with E-state index in [1.807, 2.05) is 17.5 Å². The lowest BCUT2D eigenvalue weighted by molar-refractivity contribution is 1.49. The topological polar surface area (TPSA) is 23.8 Å². The Hall–Kier alpha value is -0.850. The van der Waals surface area contributed by atoms with E-state index >= 15 is 0 Å². The maximum Gasteiger partial charge on any atom is 0.0998 e. The Morgan fingerprint density at radius 2 is 2.23 bits per heavy atom. The molecule has 0 unspecified atom stereocenters. The molecule has 0 aliphatic heterocycles. The van der Waals surface area contributed by atoms with Crippen LogP contribution in [0.3, 0.4) is 0 Å². The van der Waals surface area contributed by atoms with E-state index < -0.39 is 0 Å². The standard InChI is InChI=1S/C10H6BrNS/c1-6-2-3-7(4-12)9-8(11)5-13-10(6)9/h2-3,5H,1H3. The number of thiophene rings is 1. The molecule has 1 nitrogen and oxygen atoms in total. The minimum absolute atomic E-state index is 0.744. The Morgan fingerprint density at radius 1 is 1.46 bits per heavy atom. The molecule has 13 heavy (non-hydrogen) atoms. The van der Waals surface area contributed by atoms with Gasteiger partial charge in [0.15, 0.2) is 0 Å². The molecule has 0 atom stereocenters. The number of rotatable bonds is 0. The van der Waals surface area contributed by atoms with Crippen molar-refractivity contribution in [3.05, 3.63) is 33.1 Å². The first-order valence-corrected chi connectivity index (χ1v) is 5.47. The Balaban J connectivity index is 2.99. The molecule has 0 aliphatic rings. The van der Waals surface area contributed by atoms with Gasteiger partial charge in [0.25, 0.3) is 0 Å². The summed E-state index contributed by atoms with van der Waals surface area (Å²) in [5.74, 6) is 0. The van der Waals surface area contributed by atoms with Gasteiger partial charge in [-0.25, -0.2) is 0 Å². The zero-order valence-corrected chi connectivity index (χ0v) is 9.37. The number of halogens is 1. The molecule has 0 bridgehead atoms. The van der Waals surface area contributed by atoms with Crippen molar-refractivity contribution in [3.63, 3.8) is 0 Å². The molecular weight excluding hydrogens is 246 g/mol. The minimum atomic E-state index is 0.744. The van der Waals surface area contributed by atoms with Crippen LogP contribution in [-0.2, 0) is 0 Å². The smallest absolute Gasteiger partial charge is 0.0998 e. The Morgan fingerprint density at radius 3 is 2.92 bits per heavy atom. The van der Waals surface area contributed by atoms with Crippen molar-refractivity contribution in [1.82, 2.24) is 0 Å². The lowest BCUT2D eigenvalue weighted by atomic mass is 10.1. The van der Waals surface area contributed by atoms with Crippen LogP contribution in [0.5, 0.6) is 0 Å². The average molecular weight is 252 g/mol. The molecule has 2 aromatic rings. The first-order valence-electron chi connectivity index (χ1n) is 3.80. The summed E-state index contributed by atoms with van der Waals surface area (Å²) < 4.78 is 2.22. The average Bonchev–Trinajstić information content (AvgIpc) is 2.51. The molecule has 0 radical (unpaired) electrons.